The fraction of sp³-hybridized carbons (Fsp3) is 0.240. The van der Waals surface area contributed by atoms with E-state index in [1.54, 1.807) is 12.1 Å². The van der Waals surface area contributed by atoms with Gasteiger partial charge in [-0.25, -0.2) is 14.4 Å². The molecule has 4 rings (SSSR count). The molecule has 0 aliphatic rings. The molecule has 0 saturated carbocycles. The number of benzene rings is 2. The van der Waals surface area contributed by atoms with Crippen molar-refractivity contribution >= 4 is 33.2 Å². The first-order valence-electron chi connectivity index (χ1n) is 10.6. The molecule has 0 bridgehead atoms. The molecule has 0 radical (unpaired) electrons. The highest BCUT2D eigenvalue weighted by atomic mass is 32.1. The average Bonchev–Trinajstić information content (AvgIpc) is 3.26. The number of fused-ring (bicyclic) bond motifs is 1. The van der Waals surface area contributed by atoms with Crippen LogP contribution in [0.3, 0.4) is 0 Å². The van der Waals surface area contributed by atoms with Gasteiger partial charge >= 0.3 is 5.97 Å². The van der Waals surface area contributed by atoms with Gasteiger partial charge in [0, 0.05) is 33.8 Å². The Morgan fingerprint density at radius 1 is 1.15 bits per heavy atom. The molecule has 0 atom stereocenters. The molecule has 2 N–H and O–H groups in total. The first-order valence-corrected chi connectivity index (χ1v) is 11.5. The topological polar surface area (TPSA) is 84.3 Å². The molecule has 0 fully saturated rings. The van der Waals surface area contributed by atoms with E-state index < -0.39 is 5.97 Å². The zero-order valence-electron chi connectivity index (χ0n) is 18.3. The van der Waals surface area contributed by atoms with Crippen LogP contribution in [0.4, 0.5) is 10.2 Å². The van der Waals surface area contributed by atoms with E-state index >= 15 is 0 Å². The van der Waals surface area contributed by atoms with Gasteiger partial charge in [-0.1, -0.05) is 18.2 Å². The monoisotopic (exact) mass is 465 g/mol. The number of hydrogen-bond acceptors (Lipinski definition) is 6. The fourth-order valence-electron chi connectivity index (χ4n) is 3.57. The molecule has 2 aromatic heterocycles. The molecule has 6 nitrogen and oxygen atoms in total. The van der Waals surface area contributed by atoms with Crippen molar-refractivity contribution in [3.8, 4) is 17.0 Å². The smallest absolute Gasteiger partial charge is 0.307 e. The molecular weight excluding hydrogens is 441 g/mol. The second kappa shape index (κ2) is 9.95. The molecule has 0 saturated heterocycles. The van der Waals surface area contributed by atoms with Crippen LogP contribution in [-0.2, 0) is 17.6 Å². The predicted octanol–water partition coefficient (Wildman–Crippen LogP) is 5.57. The summed E-state index contributed by atoms with van der Waals surface area (Å²) in [6.07, 6.45) is 1.77. The molecule has 0 aliphatic carbocycles. The first kappa shape index (κ1) is 22.7. The van der Waals surface area contributed by atoms with Gasteiger partial charge in [-0.15, -0.1) is 11.3 Å². The summed E-state index contributed by atoms with van der Waals surface area (Å²) in [4.78, 5) is 19.8. The maximum atomic E-state index is 14.7. The summed E-state index contributed by atoms with van der Waals surface area (Å²) in [6.45, 7) is 4.30. The third kappa shape index (κ3) is 5.46. The van der Waals surface area contributed by atoms with Crippen molar-refractivity contribution in [3.05, 3.63) is 71.1 Å². The van der Waals surface area contributed by atoms with E-state index in [4.69, 9.17) is 9.84 Å². The fourth-order valence-corrected chi connectivity index (χ4v) is 4.35. The van der Waals surface area contributed by atoms with Gasteiger partial charge in [-0.05, 0) is 49.4 Å². The number of nitrogens with zero attached hydrogens (tertiary/aromatic N) is 2. The van der Waals surface area contributed by atoms with Crippen LogP contribution in [0, 0.1) is 5.82 Å². The SMILES string of the molecule is CC(C)Oc1cc(-c2cc(NCCc3ccc4sccc4c3F)ncn2)ccc1CC(=O)O. The highest BCUT2D eigenvalue weighted by Gasteiger charge is 2.13. The summed E-state index contributed by atoms with van der Waals surface area (Å²) in [6, 6.07) is 12.8. The molecule has 0 amide bonds. The molecular formula is C25H24FN3O3S. The van der Waals surface area contributed by atoms with Crippen LogP contribution < -0.4 is 10.1 Å². The number of carboxylic acids is 1. The van der Waals surface area contributed by atoms with Crippen molar-refractivity contribution in [2.24, 2.45) is 0 Å². The van der Waals surface area contributed by atoms with Crippen molar-refractivity contribution in [2.45, 2.75) is 32.8 Å². The Morgan fingerprint density at radius 2 is 1.97 bits per heavy atom. The van der Waals surface area contributed by atoms with Gasteiger partial charge in [0.05, 0.1) is 18.2 Å². The Morgan fingerprint density at radius 3 is 2.76 bits per heavy atom. The molecule has 33 heavy (non-hydrogen) atoms. The molecule has 2 heterocycles. The highest BCUT2D eigenvalue weighted by Crippen LogP contribution is 2.29. The maximum absolute atomic E-state index is 14.7. The molecule has 0 spiro atoms. The number of carbonyl (C=O) groups is 1. The van der Waals surface area contributed by atoms with Crippen molar-refractivity contribution in [1.82, 2.24) is 9.97 Å². The van der Waals surface area contributed by atoms with Gasteiger partial charge < -0.3 is 15.2 Å². The van der Waals surface area contributed by atoms with Crippen LogP contribution in [0.15, 0.2) is 54.2 Å². The third-order valence-electron chi connectivity index (χ3n) is 5.08. The summed E-state index contributed by atoms with van der Waals surface area (Å²) in [5.41, 5.74) is 2.73. The first-order chi connectivity index (χ1) is 15.9. The lowest BCUT2D eigenvalue weighted by atomic mass is 10.0. The van der Waals surface area contributed by atoms with Gasteiger partial charge in [0.15, 0.2) is 0 Å². The summed E-state index contributed by atoms with van der Waals surface area (Å²) in [5, 5.41) is 14.9. The number of aromatic nitrogens is 2. The number of thiophene rings is 1. The Kier molecular flexibility index (Phi) is 6.84. The van der Waals surface area contributed by atoms with E-state index in [1.807, 2.05) is 49.6 Å². The second-order valence-corrected chi connectivity index (χ2v) is 8.84. The number of rotatable bonds is 9. The lowest BCUT2D eigenvalue weighted by Gasteiger charge is -2.15. The number of carboxylic acid groups (broad SMARTS) is 1. The van der Waals surface area contributed by atoms with Crippen LogP contribution in [0.1, 0.15) is 25.0 Å². The molecule has 170 valence electrons. The summed E-state index contributed by atoms with van der Waals surface area (Å²) >= 11 is 1.53. The Labute approximate surface area is 195 Å². The molecule has 2 aromatic carbocycles. The second-order valence-electron chi connectivity index (χ2n) is 7.90. The zero-order valence-corrected chi connectivity index (χ0v) is 19.2. The van der Waals surface area contributed by atoms with Crippen LogP contribution in [-0.4, -0.2) is 33.7 Å². The van der Waals surface area contributed by atoms with E-state index in [1.165, 1.54) is 17.7 Å². The lowest BCUT2D eigenvalue weighted by molar-refractivity contribution is -0.136. The van der Waals surface area contributed by atoms with Crippen molar-refractivity contribution < 1.29 is 19.0 Å². The highest BCUT2D eigenvalue weighted by molar-refractivity contribution is 7.17. The minimum absolute atomic E-state index is 0.0934. The van der Waals surface area contributed by atoms with Gasteiger partial charge in [0.1, 0.15) is 23.7 Å². The van der Waals surface area contributed by atoms with Crippen LogP contribution in [0.25, 0.3) is 21.3 Å². The number of ether oxygens (including phenoxy) is 1. The largest absolute Gasteiger partial charge is 0.491 e. The van der Waals surface area contributed by atoms with Gasteiger partial charge in [0.2, 0.25) is 0 Å². The van der Waals surface area contributed by atoms with Gasteiger partial charge in [0.25, 0.3) is 0 Å². The number of halogens is 1. The van der Waals surface area contributed by atoms with E-state index in [-0.39, 0.29) is 18.3 Å². The van der Waals surface area contributed by atoms with Gasteiger partial charge in [-0.3, -0.25) is 4.79 Å². The molecule has 0 aliphatic heterocycles. The van der Waals surface area contributed by atoms with Crippen LogP contribution in [0.5, 0.6) is 5.75 Å². The summed E-state index contributed by atoms with van der Waals surface area (Å²) in [5.74, 6) is 0.0628. The Balaban J connectivity index is 1.49. The molecule has 4 aromatic rings. The third-order valence-corrected chi connectivity index (χ3v) is 5.97. The minimum atomic E-state index is -0.917. The van der Waals surface area contributed by atoms with Crippen molar-refractivity contribution in [1.29, 1.82) is 0 Å². The normalized spacial score (nSPS) is 11.2. The number of anilines is 1. The van der Waals surface area contributed by atoms with Gasteiger partial charge in [-0.2, -0.15) is 0 Å². The lowest BCUT2D eigenvalue weighted by Crippen LogP contribution is -2.10. The number of hydrogen-bond donors (Lipinski definition) is 2. The van der Waals surface area contributed by atoms with E-state index in [0.29, 0.717) is 46.7 Å². The van der Waals surface area contributed by atoms with E-state index in [0.717, 1.165) is 10.3 Å². The van der Waals surface area contributed by atoms with E-state index in [2.05, 4.69) is 15.3 Å². The molecule has 0 unspecified atom stereocenters. The predicted molar refractivity (Wildman–Crippen MR) is 129 cm³/mol. The average molecular weight is 466 g/mol. The number of aliphatic carboxylic acids is 1. The van der Waals surface area contributed by atoms with Crippen molar-refractivity contribution in [2.75, 3.05) is 11.9 Å². The van der Waals surface area contributed by atoms with Crippen LogP contribution in [0.2, 0.25) is 0 Å². The Bertz CT molecular complexity index is 1290. The number of nitrogens with one attached hydrogen (secondary N) is 1. The van der Waals surface area contributed by atoms with Crippen molar-refractivity contribution in [3.63, 3.8) is 0 Å². The standard InChI is InChI=1S/C25H24FN3O3S/c1-15(2)32-21-11-17(3-4-18(21)12-24(30)31)20-13-23(29-14-28-20)27-9-7-16-5-6-22-19(25(16)26)8-10-33-22/h3-6,8,10-11,13-15H,7,9,12H2,1-2H3,(H,30,31)(H,27,28,29). The summed E-state index contributed by atoms with van der Waals surface area (Å²) in [7, 11) is 0. The quantitative estimate of drug-likeness (QED) is 0.336. The Hall–Kier alpha value is -3.52. The van der Waals surface area contributed by atoms with Crippen LogP contribution >= 0.6 is 11.3 Å². The zero-order chi connectivity index (χ0) is 23.4. The maximum Gasteiger partial charge on any atom is 0.307 e. The minimum Gasteiger partial charge on any atom is -0.491 e. The summed E-state index contributed by atoms with van der Waals surface area (Å²) < 4.78 is 21.4. The van der Waals surface area contributed by atoms with E-state index in [9.17, 15) is 9.18 Å². The molecule has 8 heteroatoms.